The summed E-state index contributed by atoms with van der Waals surface area (Å²) in [5.41, 5.74) is 1.59. The Bertz CT molecular complexity index is 690. The van der Waals surface area contributed by atoms with Crippen LogP contribution in [-0.2, 0) is 11.3 Å². The molecule has 4 rings (SSSR count). The standard InChI is InChI=1S/C17H17FN2O/c18-14-5-2-1-4-13(14)16-15-6-3-9-19(15)10-11-20(16)17(21)12-7-8-12/h1-6,9,12,16H,7-8,10-11H2. The van der Waals surface area contributed by atoms with Gasteiger partial charge < -0.3 is 9.47 Å². The van der Waals surface area contributed by atoms with Crippen molar-refractivity contribution in [1.82, 2.24) is 9.47 Å². The predicted molar refractivity (Wildman–Crippen MR) is 77.1 cm³/mol. The summed E-state index contributed by atoms with van der Waals surface area (Å²) < 4.78 is 16.4. The molecule has 1 saturated carbocycles. The van der Waals surface area contributed by atoms with E-state index >= 15 is 0 Å². The van der Waals surface area contributed by atoms with Gasteiger partial charge in [0.15, 0.2) is 0 Å². The lowest BCUT2D eigenvalue weighted by Gasteiger charge is -2.37. The van der Waals surface area contributed by atoms with Gasteiger partial charge in [-0.1, -0.05) is 18.2 Å². The van der Waals surface area contributed by atoms with Gasteiger partial charge in [0.25, 0.3) is 0 Å². The van der Waals surface area contributed by atoms with E-state index in [2.05, 4.69) is 4.57 Å². The fourth-order valence-electron chi connectivity index (χ4n) is 3.21. The zero-order valence-electron chi connectivity index (χ0n) is 11.7. The third-order valence-electron chi connectivity index (χ3n) is 4.45. The van der Waals surface area contributed by atoms with E-state index in [1.165, 1.54) is 6.07 Å². The molecule has 1 aromatic heterocycles. The molecule has 21 heavy (non-hydrogen) atoms. The van der Waals surface area contributed by atoms with Crippen LogP contribution in [0.3, 0.4) is 0 Å². The lowest BCUT2D eigenvalue weighted by Crippen LogP contribution is -2.43. The van der Waals surface area contributed by atoms with Gasteiger partial charge in [-0.05, 0) is 31.0 Å². The van der Waals surface area contributed by atoms with Crippen LogP contribution in [0.25, 0.3) is 0 Å². The molecule has 108 valence electrons. The van der Waals surface area contributed by atoms with Crippen LogP contribution in [0.5, 0.6) is 0 Å². The van der Waals surface area contributed by atoms with Gasteiger partial charge in [-0.3, -0.25) is 4.79 Å². The maximum Gasteiger partial charge on any atom is 0.226 e. The number of carbonyl (C=O) groups excluding carboxylic acids is 1. The van der Waals surface area contributed by atoms with Gasteiger partial charge in [0.05, 0.1) is 0 Å². The molecule has 4 heteroatoms. The third kappa shape index (κ3) is 2.06. The quantitative estimate of drug-likeness (QED) is 0.832. The van der Waals surface area contributed by atoms with E-state index in [4.69, 9.17) is 0 Å². The number of carbonyl (C=O) groups is 1. The normalized spacial score (nSPS) is 21.2. The van der Waals surface area contributed by atoms with Crippen LogP contribution in [0.4, 0.5) is 4.39 Å². The Balaban J connectivity index is 1.81. The van der Waals surface area contributed by atoms with Crippen molar-refractivity contribution in [3.05, 3.63) is 59.7 Å². The number of benzene rings is 1. The maximum absolute atomic E-state index is 14.3. The highest BCUT2D eigenvalue weighted by molar-refractivity contribution is 5.82. The van der Waals surface area contributed by atoms with Gasteiger partial charge in [0.1, 0.15) is 11.9 Å². The summed E-state index contributed by atoms with van der Waals surface area (Å²) in [6, 6.07) is 10.4. The molecule has 1 atom stereocenters. The van der Waals surface area contributed by atoms with Crippen LogP contribution in [0.2, 0.25) is 0 Å². The third-order valence-corrected chi connectivity index (χ3v) is 4.45. The highest BCUT2D eigenvalue weighted by Crippen LogP contribution is 2.39. The number of halogens is 1. The van der Waals surface area contributed by atoms with Crippen molar-refractivity contribution in [2.75, 3.05) is 6.54 Å². The average Bonchev–Trinajstić information content (AvgIpc) is 3.24. The highest BCUT2D eigenvalue weighted by atomic mass is 19.1. The zero-order chi connectivity index (χ0) is 14.4. The summed E-state index contributed by atoms with van der Waals surface area (Å²) >= 11 is 0. The molecule has 2 heterocycles. The molecule has 1 aliphatic carbocycles. The minimum atomic E-state index is -0.303. The van der Waals surface area contributed by atoms with Crippen molar-refractivity contribution in [2.45, 2.75) is 25.4 Å². The largest absolute Gasteiger partial charge is 0.348 e. The number of hydrogen-bond acceptors (Lipinski definition) is 1. The fraction of sp³-hybridized carbons (Fsp3) is 0.353. The minimum absolute atomic E-state index is 0.154. The van der Waals surface area contributed by atoms with E-state index in [9.17, 15) is 9.18 Å². The van der Waals surface area contributed by atoms with Crippen molar-refractivity contribution in [2.24, 2.45) is 5.92 Å². The highest BCUT2D eigenvalue weighted by Gasteiger charge is 2.40. The average molecular weight is 284 g/mol. The minimum Gasteiger partial charge on any atom is -0.348 e. The molecular formula is C17H17FN2O. The number of hydrogen-bond donors (Lipinski definition) is 0. The molecule has 0 radical (unpaired) electrons. The second-order valence-electron chi connectivity index (χ2n) is 5.86. The van der Waals surface area contributed by atoms with Gasteiger partial charge >= 0.3 is 0 Å². The predicted octanol–water partition coefficient (Wildman–Crippen LogP) is 2.97. The molecule has 3 nitrogen and oxygen atoms in total. The molecule has 2 aromatic rings. The maximum atomic E-state index is 14.3. The van der Waals surface area contributed by atoms with Gasteiger partial charge in [0.2, 0.25) is 5.91 Å². The molecule has 0 saturated heterocycles. The van der Waals surface area contributed by atoms with Crippen molar-refractivity contribution in [3.8, 4) is 0 Å². The van der Waals surface area contributed by atoms with E-state index in [0.717, 1.165) is 25.1 Å². The first-order valence-electron chi connectivity index (χ1n) is 7.45. The van der Waals surface area contributed by atoms with Crippen LogP contribution >= 0.6 is 0 Å². The molecule has 0 bridgehead atoms. The second kappa shape index (κ2) is 4.72. The molecule has 0 spiro atoms. The van der Waals surface area contributed by atoms with E-state index < -0.39 is 0 Å². The Morgan fingerprint density at radius 2 is 1.90 bits per heavy atom. The molecule has 2 aliphatic rings. The van der Waals surface area contributed by atoms with E-state index in [1.54, 1.807) is 12.1 Å². The molecule has 1 aromatic carbocycles. The van der Waals surface area contributed by atoms with Crippen LogP contribution < -0.4 is 0 Å². The number of nitrogens with zero attached hydrogens (tertiary/aromatic N) is 2. The molecular weight excluding hydrogens is 267 g/mol. The topological polar surface area (TPSA) is 25.2 Å². The molecule has 1 amide bonds. The zero-order valence-corrected chi connectivity index (χ0v) is 11.7. The smallest absolute Gasteiger partial charge is 0.226 e. The summed E-state index contributed by atoms with van der Waals surface area (Å²) in [5, 5.41) is 0. The Morgan fingerprint density at radius 1 is 1.10 bits per heavy atom. The van der Waals surface area contributed by atoms with Crippen LogP contribution in [0, 0.1) is 11.7 Å². The Hall–Kier alpha value is -2.10. The Kier molecular flexibility index (Phi) is 2.84. The fourth-order valence-corrected chi connectivity index (χ4v) is 3.21. The van der Waals surface area contributed by atoms with Crippen molar-refractivity contribution in [3.63, 3.8) is 0 Å². The summed E-state index contributed by atoms with van der Waals surface area (Å²) in [6.45, 7) is 1.43. The van der Waals surface area contributed by atoms with E-state index in [0.29, 0.717) is 12.1 Å². The van der Waals surface area contributed by atoms with Gasteiger partial charge in [-0.15, -0.1) is 0 Å². The van der Waals surface area contributed by atoms with Crippen molar-refractivity contribution < 1.29 is 9.18 Å². The lowest BCUT2D eigenvalue weighted by molar-refractivity contribution is -0.135. The first-order chi connectivity index (χ1) is 10.3. The molecule has 1 fully saturated rings. The summed E-state index contributed by atoms with van der Waals surface area (Å²) in [7, 11) is 0. The number of rotatable bonds is 2. The summed E-state index contributed by atoms with van der Waals surface area (Å²) in [5.74, 6) is 0.0854. The van der Waals surface area contributed by atoms with Gasteiger partial charge in [0, 0.05) is 36.5 Å². The Morgan fingerprint density at radius 3 is 2.67 bits per heavy atom. The summed E-state index contributed by atoms with van der Waals surface area (Å²) in [6.07, 6.45) is 3.95. The molecule has 1 aliphatic heterocycles. The van der Waals surface area contributed by atoms with Gasteiger partial charge in [-0.2, -0.15) is 0 Å². The first kappa shape index (κ1) is 12.6. The molecule has 1 unspecified atom stereocenters. The van der Waals surface area contributed by atoms with Crippen molar-refractivity contribution >= 4 is 5.91 Å². The second-order valence-corrected chi connectivity index (χ2v) is 5.86. The van der Waals surface area contributed by atoms with Crippen LogP contribution in [0.1, 0.15) is 30.1 Å². The SMILES string of the molecule is O=C(C1CC1)N1CCn2cccc2C1c1ccccc1F. The van der Waals surface area contributed by atoms with Crippen LogP contribution in [-0.4, -0.2) is 21.9 Å². The van der Waals surface area contributed by atoms with Crippen molar-refractivity contribution in [1.29, 1.82) is 0 Å². The number of aromatic nitrogens is 1. The molecule has 0 N–H and O–H groups in total. The first-order valence-corrected chi connectivity index (χ1v) is 7.45. The van der Waals surface area contributed by atoms with E-state index in [-0.39, 0.29) is 23.7 Å². The van der Waals surface area contributed by atoms with Crippen LogP contribution in [0.15, 0.2) is 42.6 Å². The lowest BCUT2D eigenvalue weighted by atomic mass is 9.99. The monoisotopic (exact) mass is 284 g/mol. The van der Waals surface area contributed by atoms with E-state index in [1.807, 2.05) is 29.3 Å². The number of amides is 1. The number of fused-ring (bicyclic) bond motifs is 1. The van der Waals surface area contributed by atoms with Gasteiger partial charge in [-0.25, -0.2) is 4.39 Å². The Labute approximate surface area is 123 Å². The summed E-state index contributed by atoms with van der Waals surface area (Å²) in [4.78, 5) is 14.4.